The lowest BCUT2D eigenvalue weighted by Gasteiger charge is -2.11. The molecular formula is C16H19N3O2S2. The van der Waals surface area contributed by atoms with E-state index in [0.717, 1.165) is 12.0 Å². The average Bonchev–Trinajstić information content (AvgIpc) is 2.53. The standard InChI is InChI=1S/C16H19N3O2S2/c1-2-12-4-3-5-13(10-12)11-18-16(22)19-14-6-8-15(9-7-14)23(17,20)21/h3-10H,2,11H2,1H3,(H2,17,20,21)(H2,18,19,22). The maximum Gasteiger partial charge on any atom is 0.238 e. The van der Waals surface area contributed by atoms with Crippen LogP contribution in [0.2, 0.25) is 0 Å². The largest absolute Gasteiger partial charge is 0.358 e. The quantitative estimate of drug-likeness (QED) is 0.722. The molecule has 0 aliphatic rings. The molecule has 0 aromatic heterocycles. The minimum absolute atomic E-state index is 0.0679. The highest BCUT2D eigenvalue weighted by Crippen LogP contribution is 2.12. The maximum atomic E-state index is 11.2. The zero-order valence-corrected chi connectivity index (χ0v) is 14.4. The lowest BCUT2D eigenvalue weighted by Crippen LogP contribution is -2.27. The Morgan fingerprint density at radius 2 is 1.78 bits per heavy atom. The van der Waals surface area contributed by atoms with E-state index in [1.807, 2.05) is 12.1 Å². The predicted octanol–water partition coefficient (Wildman–Crippen LogP) is 2.38. The molecule has 0 unspecified atom stereocenters. The van der Waals surface area contributed by atoms with Crippen LogP contribution in [0.1, 0.15) is 18.1 Å². The summed E-state index contributed by atoms with van der Waals surface area (Å²) in [6, 6.07) is 14.4. The molecule has 0 bridgehead atoms. The number of nitrogens with two attached hydrogens (primary N) is 1. The molecule has 0 radical (unpaired) electrons. The van der Waals surface area contributed by atoms with Gasteiger partial charge in [-0.05, 0) is 54.0 Å². The zero-order valence-electron chi connectivity index (χ0n) is 12.7. The molecule has 0 atom stereocenters. The minimum atomic E-state index is -3.68. The van der Waals surface area contributed by atoms with Crippen LogP contribution in [-0.2, 0) is 23.0 Å². The normalized spacial score (nSPS) is 11.0. The molecule has 0 saturated carbocycles. The van der Waals surface area contributed by atoms with Gasteiger partial charge in [-0.3, -0.25) is 0 Å². The number of nitrogens with one attached hydrogen (secondary N) is 2. The van der Waals surface area contributed by atoms with Crippen molar-refractivity contribution >= 4 is 33.0 Å². The highest BCUT2D eigenvalue weighted by atomic mass is 32.2. The maximum absolute atomic E-state index is 11.2. The molecule has 0 saturated heterocycles. The number of thiocarbonyl (C=S) groups is 1. The van der Waals surface area contributed by atoms with Gasteiger partial charge in [-0.2, -0.15) is 0 Å². The molecule has 2 rings (SSSR count). The molecule has 0 heterocycles. The summed E-state index contributed by atoms with van der Waals surface area (Å²) in [7, 11) is -3.68. The van der Waals surface area contributed by atoms with E-state index in [4.69, 9.17) is 17.4 Å². The van der Waals surface area contributed by atoms with Gasteiger partial charge in [0, 0.05) is 12.2 Å². The molecular weight excluding hydrogens is 330 g/mol. The predicted molar refractivity (Wildman–Crippen MR) is 96.7 cm³/mol. The molecule has 2 aromatic carbocycles. The van der Waals surface area contributed by atoms with Gasteiger partial charge < -0.3 is 10.6 Å². The van der Waals surface area contributed by atoms with Crippen LogP contribution < -0.4 is 15.8 Å². The molecule has 0 aliphatic heterocycles. The summed E-state index contributed by atoms with van der Waals surface area (Å²) in [5.74, 6) is 0. The van der Waals surface area contributed by atoms with Crippen LogP contribution in [0, 0.1) is 0 Å². The fraction of sp³-hybridized carbons (Fsp3) is 0.188. The molecule has 122 valence electrons. The lowest BCUT2D eigenvalue weighted by atomic mass is 10.1. The summed E-state index contributed by atoms with van der Waals surface area (Å²) in [5, 5.41) is 11.7. The molecule has 5 nitrogen and oxygen atoms in total. The molecule has 7 heteroatoms. The van der Waals surface area contributed by atoms with Gasteiger partial charge >= 0.3 is 0 Å². The van der Waals surface area contributed by atoms with Crippen molar-refractivity contribution in [3.63, 3.8) is 0 Å². The van der Waals surface area contributed by atoms with Gasteiger partial charge in [-0.15, -0.1) is 0 Å². The second kappa shape index (κ2) is 7.54. The monoisotopic (exact) mass is 349 g/mol. The first-order valence-corrected chi connectivity index (χ1v) is 9.09. The fourth-order valence-electron chi connectivity index (χ4n) is 2.05. The first-order valence-electron chi connectivity index (χ1n) is 7.14. The second-order valence-corrected chi connectivity index (χ2v) is 7.02. The molecule has 0 aliphatic carbocycles. The second-order valence-electron chi connectivity index (χ2n) is 5.05. The van der Waals surface area contributed by atoms with Crippen molar-refractivity contribution in [3.05, 3.63) is 59.7 Å². The fourth-order valence-corrected chi connectivity index (χ4v) is 2.75. The van der Waals surface area contributed by atoms with Crippen molar-refractivity contribution in [2.75, 3.05) is 5.32 Å². The van der Waals surface area contributed by atoms with E-state index in [0.29, 0.717) is 17.3 Å². The Bertz CT molecular complexity index is 787. The van der Waals surface area contributed by atoms with Crippen molar-refractivity contribution in [2.24, 2.45) is 5.14 Å². The van der Waals surface area contributed by atoms with E-state index in [1.165, 1.54) is 17.7 Å². The van der Waals surface area contributed by atoms with Crippen molar-refractivity contribution < 1.29 is 8.42 Å². The first-order chi connectivity index (χ1) is 10.9. The summed E-state index contributed by atoms with van der Waals surface area (Å²) in [5.41, 5.74) is 3.12. The highest BCUT2D eigenvalue weighted by molar-refractivity contribution is 7.89. The summed E-state index contributed by atoms with van der Waals surface area (Å²) >= 11 is 5.24. The zero-order chi connectivity index (χ0) is 16.9. The minimum Gasteiger partial charge on any atom is -0.358 e. The summed E-state index contributed by atoms with van der Waals surface area (Å²) in [6.45, 7) is 2.73. The number of rotatable bonds is 5. The van der Waals surface area contributed by atoms with Gasteiger partial charge in [0.15, 0.2) is 5.11 Å². The third kappa shape index (κ3) is 5.31. The lowest BCUT2D eigenvalue weighted by molar-refractivity contribution is 0.598. The van der Waals surface area contributed by atoms with E-state index in [9.17, 15) is 8.42 Å². The number of benzene rings is 2. The van der Waals surface area contributed by atoms with Crippen LogP contribution >= 0.6 is 12.2 Å². The van der Waals surface area contributed by atoms with E-state index in [1.54, 1.807) is 12.1 Å². The SMILES string of the molecule is CCc1cccc(CNC(=S)Nc2ccc(S(N)(=O)=O)cc2)c1. The summed E-state index contributed by atoms with van der Waals surface area (Å²) < 4.78 is 22.4. The van der Waals surface area contributed by atoms with Crippen LogP contribution in [-0.4, -0.2) is 13.5 Å². The molecule has 23 heavy (non-hydrogen) atoms. The Morgan fingerprint density at radius 1 is 1.13 bits per heavy atom. The van der Waals surface area contributed by atoms with Crippen molar-refractivity contribution in [1.82, 2.24) is 5.32 Å². The van der Waals surface area contributed by atoms with Gasteiger partial charge in [0.25, 0.3) is 0 Å². The number of primary sulfonamides is 1. The number of hydrogen-bond acceptors (Lipinski definition) is 3. The summed E-state index contributed by atoms with van der Waals surface area (Å²) in [4.78, 5) is 0.0679. The average molecular weight is 349 g/mol. The number of anilines is 1. The Morgan fingerprint density at radius 3 is 2.39 bits per heavy atom. The van der Waals surface area contributed by atoms with Gasteiger partial charge in [0.1, 0.15) is 0 Å². The topological polar surface area (TPSA) is 84.2 Å². The van der Waals surface area contributed by atoms with Crippen molar-refractivity contribution in [2.45, 2.75) is 24.8 Å². The van der Waals surface area contributed by atoms with E-state index in [2.05, 4.69) is 29.7 Å². The third-order valence-electron chi connectivity index (χ3n) is 3.29. The Hall–Kier alpha value is -1.96. The van der Waals surface area contributed by atoms with Crippen LogP contribution in [0.5, 0.6) is 0 Å². The summed E-state index contributed by atoms with van der Waals surface area (Å²) in [6.07, 6.45) is 0.993. The van der Waals surface area contributed by atoms with E-state index < -0.39 is 10.0 Å². The van der Waals surface area contributed by atoms with Crippen LogP contribution in [0.4, 0.5) is 5.69 Å². The Kier molecular flexibility index (Phi) is 5.70. The van der Waals surface area contributed by atoms with E-state index >= 15 is 0 Å². The number of aryl methyl sites for hydroxylation is 1. The molecule has 0 amide bonds. The Balaban J connectivity index is 1.92. The van der Waals surface area contributed by atoms with Gasteiger partial charge in [-0.25, -0.2) is 13.6 Å². The molecule has 0 spiro atoms. The van der Waals surface area contributed by atoms with Gasteiger partial charge in [0.05, 0.1) is 4.90 Å². The van der Waals surface area contributed by atoms with Crippen LogP contribution in [0.15, 0.2) is 53.4 Å². The van der Waals surface area contributed by atoms with E-state index in [-0.39, 0.29) is 4.90 Å². The Labute approximate surface area is 142 Å². The van der Waals surface area contributed by atoms with Crippen LogP contribution in [0.25, 0.3) is 0 Å². The first kappa shape index (κ1) is 17.4. The molecule has 2 aromatic rings. The van der Waals surface area contributed by atoms with Crippen molar-refractivity contribution in [3.8, 4) is 0 Å². The molecule has 0 fully saturated rings. The van der Waals surface area contributed by atoms with Crippen molar-refractivity contribution in [1.29, 1.82) is 0 Å². The highest BCUT2D eigenvalue weighted by Gasteiger charge is 2.07. The van der Waals surface area contributed by atoms with Gasteiger partial charge in [0.2, 0.25) is 10.0 Å². The third-order valence-corrected chi connectivity index (χ3v) is 4.47. The number of hydrogen-bond donors (Lipinski definition) is 3. The number of sulfonamides is 1. The smallest absolute Gasteiger partial charge is 0.238 e. The van der Waals surface area contributed by atoms with Crippen LogP contribution in [0.3, 0.4) is 0 Å². The molecule has 4 N–H and O–H groups in total. The van der Waals surface area contributed by atoms with Gasteiger partial charge in [-0.1, -0.05) is 31.2 Å².